The highest BCUT2D eigenvalue weighted by Gasteiger charge is 2.61. The lowest BCUT2D eigenvalue weighted by Crippen LogP contribution is -2.67. The molecule has 3 atom stereocenters. The van der Waals surface area contributed by atoms with Gasteiger partial charge in [-0.15, -0.1) is 0 Å². The number of nitrogens with zero attached hydrogens (tertiary/aromatic N) is 1. The molecule has 1 fully saturated rings. The van der Waals surface area contributed by atoms with Gasteiger partial charge in [-0.1, -0.05) is 48.5 Å². The molecular weight excluding hydrogens is 469 g/mol. The monoisotopic (exact) mass is 492 g/mol. The number of aliphatic hydroxyl groups is 1. The standard InChI is InChI=1S/C24H23F3N2O6/c1-23(24(25,26)27,21(33)29-11-13(30)10-19(29)20(31)32)28-22(34)35-12-18-16-8-4-2-6-14(16)15-7-3-5-9-17(15)18/h2-9,13,18-19,30H,10-12H2,1H3,(H,28,34)(H,31,32)/t13-,19-,23?/m1/s1. The molecule has 1 saturated heterocycles. The summed E-state index contributed by atoms with van der Waals surface area (Å²) in [6.45, 7) is -0.434. The number of carbonyl (C=O) groups is 3. The molecule has 0 saturated carbocycles. The molecule has 186 valence electrons. The van der Waals surface area contributed by atoms with Crippen LogP contribution in [-0.2, 0) is 14.3 Å². The Morgan fingerprint density at radius 2 is 1.60 bits per heavy atom. The molecule has 35 heavy (non-hydrogen) atoms. The van der Waals surface area contributed by atoms with Crippen LogP contribution in [0.5, 0.6) is 0 Å². The molecule has 2 aromatic carbocycles. The zero-order chi connectivity index (χ0) is 25.5. The van der Waals surface area contributed by atoms with Crippen LogP contribution in [0.25, 0.3) is 11.1 Å². The van der Waals surface area contributed by atoms with E-state index in [9.17, 15) is 37.8 Å². The number of hydrogen-bond acceptors (Lipinski definition) is 5. The van der Waals surface area contributed by atoms with Gasteiger partial charge < -0.3 is 19.8 Å². The van der Waals surface area contributed by atoms with E-state index in [1.165, 1.54) is 0 Å². The van der Waals surface area contributed by atoms with E-state index in [0.717, 1.165) is 22.3 Å². The smallest absolute Gasteiger partial charge is 0.420 e. The Bertz CT molecular complexity index is 1120. The average Bonchev–Trinajstić information content (AvgIpc) is 3.34. The lowest BCUT2D eigenvalue weighted by atomic mass is 9.98. The lowest BCUT2D eigenvalue weighted by Gasteiger charge is -2.35. The first kappa shape index (κ1) is 24.5. The number of hydrogen-bond donors (Lipinski definition) is 3. The van der Waals surface area contributed by atoms with Crippen LogP contribution in [0.2, 0.25) is 0 Å². The quantitative estimate of drug-likeness (QED) is 0.591. The minimum atomic E-state index is -5.27. The van der Waals surface area contributed by atoms with Gasteiger partial charge in [-0.2, -0.15) is 13.2 Å². The molecule has 4 rings (SSSR count). The Balaban J connectivity index is 1.52. The number of likely N-dealkylation sites (tertiary alicyclic amines) is 1. The summed E-state index contributed by atoms with van der Waals surface area (Å²) in [6.07, 6.45) is -8.47. The Kier molecular flexibility index (Phi) is 6.22. The Morgan fingerprint density at radius 3 is 2.11 bits per heavy atom. The van der Waals surface area contributed by atoms with Crippen molar-refractivity contribution >= 4 is 18.0 Å². The number of fused-ring (bicyclic) bond motifs is 3. The van der Waals surface area contributed by atoms with Crippen LogP contribution in [0, 0.1) is 0 Å². The molecule has 2 aromatic rings. The zero-order valence-corrected chi connectivity index (χ0v) is 18.6. The molecule has 1 heterocycles. The molecule has 11 heteroatoms. The van der Waals surface area contributed by atoms with Gasteiger partial charge in [0.25, 0.3) is 5.91 Å². The second-order valence-corrected chi connectivity index (χ2v) is 8.77. The predicted molar refractivity (Wildman–Crippen MR) is 116 cm³/mol. The molecule has 1 unspecified atom stereocenters. The van der Waals surface area contributed by atoms with Crippen molar-refractivity contribution in [3.63, 3.8) is 0 Å². The van der Waals surface area contributed by atoms with Crippen molar-refractivity contribution in [3.8, 4) is 11.1 Å². The van der Waals surface area contributed by atoms with Crippen molar-refractivity contribution < 1.29 is 42.5 Å². The van der Waals surface area contributed by atoms with Crippen molar-refractivity contribution in [2.75, 3.05) is 13.2 Å². The third-order valence-corrected chi connectivity index (χ3v) is 6.52. The van der Waals surface area contributed by atoms with Crippen molar-refractivity contribution in [1.82, 2.24) is 10.2 Å². The van der Waals surface area contributed by atoms with E-state index in [1.54, 1.807) is 17.4 Å². The van der Waals surface area contributed by atoms with Gasteiger partial charge in [-0.25, -0.2) is 9.59 Å². The van der Waals surface area contributed by atoms with Crippen LogP contribution in [0.3, 0.4) is 0 Å². The summed E-state index contributed by atoms with van der Waals surface area (Å²) in [5, 5.41) is 20.6. The van der Waals surface area contributed by atoms with E-state index >= 15 is 0 Å². The van der Waals surface area contributed by atoms with E-state index in [0.29, 0.717) is 11.8 Å². The number of carboxylic acid groups (broad SMARTS) is 1. The van der Waals surface area contributed by atoms with Crippen LogP contribution < -0.4 is 5.32 Å². The average molecular weight is 492 g/mol. The summed E-state index contributed by atoms with van der Waals surface area (Å²) >= 11 is 0. The maximum absolute atomic E-state index is 14.0. The van der Waals surface area contributed by atoms with Crippen LogP contribution in [0.4, 0.5) is 18.0 Å². The number of alkyl halides is 3. The van der Waals surface area contributed by atoms with Gasteiger partial charge in [0.05, 0.1) is 6.10 Å². The van der Waals surface area contributed by atoms with Crippen molar-refractivity contribution in [2.24, 2.45) is 0 Å². The molecular formula is C24H23F3N2O6. The molecule has 0 aromatic heterocycles. The minimum Gasteiger partial charge on any atom is -0.480 e. The first-order valence-electron chi connectivity index (χ1n) is 10.9. The number of halogens is 3. The maximum atomic E-state index is 14.0. The number of carbonyl (C=O) groups excluding carboxylic acids is 2. The fraction of sp³-hybridized carbons (Fsp3) is 0.375. The van der Waals surface area contributed by atoms with Crippen LogP contribution in [0.15, 0.2) is 48.5 Å². The number of benzene rings is 2. The van der Waals surface area contributed by atoms with Gasteiger partial charge in [-0.3, -0.25) is 10.1 Å². The fourth-order valence-corrected chi connectivity index (χ4v) is 4.64. The van der Waals surface area contributed by atoms with E-state index < -0.39 is 60.7 Å². The lowest BCUT2D eigenvalue weighted by molar-refractivity contribution is -0.201. The molecule has 8 nitrogen and oxygen atoms in total. The van der Waals surface area contributed by atoms with Crippen LogP contribution >= 0.6 is 0 Å². The Hall–Kier alpha value is -3.60. The van der Waals surface area contributed by atoms with Crippen molar-refractivity contribution in [1.29, 1.82) is 0 Å². The summed E-state index contributed by atoms with van der Waals surface area (Å²) in [5.74, 6) is -3.66. The first-order chi connectivity index (χ1) is 16.4. The molecule has 2 aliphatic rings. The largest absolute Gasteiger partial charge is 0.480 e. The molecule has 0 spiro atoms. The number of nitrogens with one attached hydrogen (secondary N) is 1. The highest BCUT2D eigenvalue weighted by molar-refractivity contribution is 5.93. The van der Waals surface area contributed by atoms with Crippen molar-refractivity contribution in [3.05, 3.63) is 59.7 Å². The topological polar surface area (TPSA) is 116 Å². The summed E-state index contributed by atoms with van der Waals surface area (Å²) in [5.41, 5.74) is 0.102. The normalized spacial score (nSPS) is 21.1. The number of aliphatic carboxylic acids is 1. The van der Waals surface area contributed by atoms with E-state index in [1.807, 2.05) is 36.4 Å². The second-order valence-electron chi connectivity index (χ2n) is 8.77. The SMILES string of the molecule is CC(NC(=O)OCC1c2ccccc2-c2ccccc21)(C(=O)N1C[C@H](O)C[C@@H]1C(=O)O)C(F)(F)F. The van der Waals surface area contributed by atoms with Gasteiger partial charge in [0.2, 0.25) is 5.54 Å². The third kappa shape index (κ3) is 4.31. The Morgan fingerprint density at radius 1 is 1.06 bits per heavy atom. The number of aliphatic hydroxyl groups excluding tert-OH is 1. The molecule has 1 aliphatic heterocycles. The fourth-order valence-electron chi connectivity index (χ4n) is 4.64. The van der Waals surface area contributed by atoms with Crippen molar-refractivity contribution in [2.45, 2.75) is 43.1 Å². The number of amides is 2. The Labute approximate surface area is 198 Å². The number of β-amino-alcohol motifs (C(OH)–C–C–N with tert-alkyl or cyclic N) is 1. The molecule has 3 N–H and O–H groups in total. The molecule has 2 amide bonds. The van der Waals surface area contributed by atoms with Gasteiger partial charge in [0.15, 0.2) is 0 Å². The zero-order valence-electron chi connectivity index (χ0n) is 18.6. The van der Waals surface area contributed by atoms with Crippen LogP contribution in [0.1, 0.15) is 30.4 Å². The highest BCUT2D eigenvalue weighted by atomic mass is 19.4. The number of alkyl carbamates (subject to hydrolysis) is 1. The second kappa shape index (κ2) is 8.88. The maximum Gasteiger partial charge on any atom is 0.420 e. The predicted octanol–water partition coefficient (Wildman–Crippen LogP) is 2.89. The first-order valence-corrected chi connectivity index (χ1v) is 10.9. The molecule has 1 aliphatic carbocycles. The number of rotatable bonds is 5. The molecule has 0 bridgehead atoms. The summed E-state index contributed by atoms with van der Waals surface area (Å²) in [7, 11) is 0. The van der Waals surface area contributed by atoms with E-state index in [-0.39, 0.29) is 6.61 Å². The number of carboxylic acids is 1. The summed E-state index contributed by atoms with van der Waals surface area (Å²) < 4.78 is 47.2. The van der Waals surface area contributed by atoms with Crippen LogP contribution in [-0.4, -0.2) is 70.1 Å². The van der Waals surface area contributed by atoms with Gasteiger partial charge in [0.1, 0.15) is 12.6 Å². The molecule has 0 radical (unpaired) electrons. The summed E-state index contributed by atoms with van der Waals surface area (Å²) in [4.78, 5) is 37.2. The van der Waals surface area contributed by atoms with Gasteiger partial charge in [-0.05, 0) is 29.2 Å². The summed E-state index contributed by atoms with van der Waals surface area (Å²) in [6, 6.07) is 13.2. The minimum absolute atomic E-state index is 0.276. The van der Waals surface area contributed by atoms with E-state index in [2.05, 4.69) is 0 Å². The van der Waals surface area contributed by atoms with Gasteiger partial charge >= 0.3 is 18.2 Å². The third-order valence-electron chi connectivity index (χ3n) is 6.52. The van der Waals surface area contributed by atoms with E-state index in [4.69, 9.17) is 4.74 Å². The van der Waals surface area contributed by atoms with Gasteiger partial charge in [0, 0.05) is 18.9 Å². The highest BCUT2D eigenvalue weighted by Crippen LogP contribution is 2.44. The number of ether oxygens (including phenoxy) is 1.